The lowest BCUT2D eigenvalue weighted by Gasteiger charge is -2.24. The number of thioether (sulfide) groups is 1. The van der Waals surface area contributed by atoms with Crippen molar-refractivity contribution < 1.29 is 9.59 Å². The molecular weight excluding hydrogens is 308 g/mol. The first kappa shape index (κ1) is 17.6. The highest BCUT2D eigenvalue weighted by Crippen LogP contribution is 2.12. The smallest absolute Gasteiger partial charge is 0.245 e. The molecule has 1 N–H and O–H groups in total. The summed E-state index contributed by atoms with van der Waals surface area (Å²) < 4.78 is 0. The maximum Gasteiger partial charge on any atom is 0.245 e. The molecule has 1 aliphatic rings. The zero-order chi connectivity index (χ0) is 16.5. The summed E-state index contributed by atoms with van der Waals surface area (Å²) >= 11 is 1.50. The predicted molar refractivity (Wildman–Crippen MR) is 95.4 cm³/mol. The standard InChI is InChI=1S/C18H24N2O2S/c1-2-12-23-14-17(21)19-16(13-15-8-4-3-5-9-15)18(22)20-10-6-7-11-20/h2-5,8-9,16H,1,6-7,10-14H2,(H,19,21)/t16-/m1/s1. The first-order chi connectivity index (χ1) is 11.2. The van der Waals surface area contributed by atoms with Gasteiger partial charge in [-0.2, -0.15) is 0 Å². The molecule has 1 atom stereocenters. The van der Waals surface area contributed by atoms with Gasteiger partial charge in [0.15, 0.2) is 0 Å². The minimum atomic E-state index is -0.479. The Bertz CT molecular complexity index is 527. The fraction of sp³-hybridized carbons (Fsp3) is 0.444. The molecule has 4 nitrogen and oxygen atoms in total. The molecule has 1 aromatic carbocycles. The summed E-state index contributed by atoms with van der Waals surface area (Å²) in [5.41, 5.74) is 1.06. The number of hydrogen-bond acceptors (Lipinski definition) is 3. The average molecular weight is 332 g/mol. The van der Waals surface area contributed by atoms with Crippen LogP contribution in [0.15, 0.2) is 43.0 Å². The van der Waals surface area contributed by atoms with Crippen LogP contribution in [-0.2, 0) is 16.0 Å². The molecule has 1 aliphatic heterocycles. The molecule has 23 heavy (non-hydrogen) atoms. The predicted octanol–water partition coefficient (Wildman–Crippen LogP) is 2.26. The van der Waals surface area contributed by atoms with Gasteiger partial charge in [-0.05, 0) is 18.4 Å². The molecule has 1 fully saturated rings. The Kier molecular flexibility index (Phi) is 7.20. The van der Waals surface area contributed by atoms with Crippen LogP contribution in [-0.4, -0.2) is 47.4 Å². The van der Waals surface area contributed by atoms with Crippen molar-refractivity contribution >= 4 is 23.6 Å². The Hall–Kier alpha value is -1.75. The van der Waals surface area contributed by atoms with Crippen molar-refractivity contribution in [3.63, 3.8) is 0 Å². The van der Waals surface area contributed by atoms with Crippen molar-refractivity contribution in [2.24, 2.45) is 0 Å². The molecule has 2 amide bonds. The average Bonchev–Trinajstić information content (AvgIpc) is 3.09. The van der Waals surface area contributed by atoms with E-state index in [1.807, 2.05) is 35.2 Å². The lowest BCUT2D eigenvalue weighted by Crippen LogP contribution is -2.49. The summed E-state index contributed by atoms with van der Waals surface area (Å²) in [5.74, 6) is 1.03. The quantitative estimate of drug-likeness (QED) is 0.587. The zero-order valence-corrected chi connectivity index (χ0v) is 14.2. The van der Waals surface area contributed by atoms with E-state index in [-0.39, 0.29) is 11.8 Å². The summed E-state index contributed by atoms with van der Waals surface area (Å²) in [5, 5.41) is 2.92. The third kappa shape index (κ3) is 5.75. The van der Waals surface area contributed by atoms with Crippen molar-refractivity contribution in [1.29, 1.82) is 0 Å². The second-order valence-corrected chi connectivity index (χ2v) is 6.68. The number of carbonyl (C=O) groups is 2. The van der Waals surface area contributed by atoms with Gasteiger partial charge in [0, 0.05) is 25.3 Å². The van der Waals surface area contributed by atoms with E-state index < -0.39 is 6.04 Å². The molecule has 5 heteroatoms. The number of carbonyl (C=O) groups excluding carboxylic acids is 2. The molecule has 0 radical (unpaired) electrons. The molecule has 0 aliphatic carbocycles. The highest BCUT2D eigenvalue weighted by molar-refractivity contribution is 8.00. The van der Waals surface area contributed by atoms with Gasteiger partial charge < -0.3 is 10.2 Å². The van der Waals surface area contributed by atoms with Gasteiger partial charge in [-0.15, -0.1) is 18.3 Å². The number of hydrogen-bond donors (Lipinski definition) is 1. The van der Waals surface area contributed by atoms with E-state index in [4.69, 9.17) is 0 Å². The Morgan fingerprint density at radius 3 is 2.61 bits per heavy atom. The van der Waals surface area contributed by atoms with E-state index in [1.165, 1.54) is 11.8 Å². The molecule has 0 saturated carbocycles. The van der Waals surface area contributed by atoms with Crippen LogP contribution in [0.1, 0.15) is 18.4 Å². The van der Waals surface area contributed by atoms with Crippen LogP contribution in [0.3, 0.4) is 0 Å². The summed E-state index contributed by atoms with van der Waals surface area (Å²) in [6.45, 7) is 5.24. The van der Waals surface area contributed by atoms with Gasteiger partial charge in [-0.3, -0.25) is 9.59 Å². The van der Waals surface area contributed by atoms with Crippen LogP contribution in [0.25, 0.3) is 0 Å². The van der Waals surface area contributed by atoms with Gasteiger partial charge in [0.1, 0.15) is 6.04 Å². The largest absolute Gasteiger partial charge is 0.343 e. The topological polar surface area (TPSA) is 49.4 Å². The fourth-order valence-electron chi connectivity index (χ4n) is 2.68. The third-order valence-electron chi connectivity index (χ3n) is 3.80. The lowest BCUT2D eigenvalue weighted by atomic mass is 10.0. The highest BCUT2D eigenvalue weighted by Gasteiger charge is 2.27. The Morgan fingerprint density at radius 2 is 1.96 bits per heavy atom. The van der Waals surface area contributed by atoms with Gasteiger partial charge in [-0.1, -0.05) is 36.4 Å². The molecule has 124 valence electrons. The van der Waals surface area contributed by atoms with Gasteiger partial charge in [0.05, 0.1) is 5.75 Å². The van der Waals surface area contributed by atoms with Crippen molar-refractivity contribution in [1.82, 2.24) is 10.2 Å². The van der Waals surface area contributed by atoms with Gasteiger partial charge in [0.25, 0.3) is 0 Å². The number of likely N-dealkylation sites (tertiary alicyclic amines) is 1. The second-order valence-electron chi connectivity index (χ2n) is 5.65. The van der Waals surface area contributed by atoms with Crippen LogP contribution < -0.4 is 5.32 Å². The lowest BCUT2D eigenvalue weighted by molar-refractivity contribution is -0.135. The maximum absolute atomic E-state index is 12.7. The van der Waals surface area contributed by atoms with E-state index in [9.17, 15) is 9.59 Å². The van der Waals surface area contributed by atoms with Crippen molar-refractivity contribution in [2.45, 2.75) is 25.3 Å². The number of rotatable bonds is 8. The second kappa shape index (κ2) is 9.40. The molecule has 1 saturated heterocycles. The molecule has 0 bridgehead atoms. The summed E-state index contributed by atoms with van der Waals surface area (Å²) in [6.07, 6.45) is 4.41. The monoisotopic (exact) mass is 332 g/mol. The minimum absolute atomic E-state index is 0.0356. The van der Waals surface area contributed by atoms with Crippen molar-refractivity contribution in [3.05, 3.63) is 48.6 Å². The number of nitrogens with zero attached hydrogens (tertiary/aromatic N) is 1. The molecule has 0 aromatic heterocycles. The van der Waals surface area contributed by atoms with E-state index in [0.717, 1.165) is 37.2 Å². The first-order valence-corrected chi connectivity index (χ1v) is 9.17. The van der Waals surface area contributed by atoms with Gasteiger partial charge in [-0.25, -0.2) is 0 Å². The molecule has 2 rings (SSSR count). The van der Waals surface area contributed by atoms with E-state index in [1.54, 1.807) is 6.08 Å². The van der Waals surface area contributed by atoms with Gasteiger partial charge in [0.2, 0.25) is 11.8 Å². The van der Waals surface area contributed by atoms with Crippen LogP contribution in [0, 0.1) is 0 Å². The van der Waals surface area contributed by atoms with Crippen molar-refractivity contribution in [2.75, 3.05) is 24.6 Å². The summed E-state index contributed by atoms with van der Waals surface area (Å²) in [6, 6.07) is 9.35. The Balaban J connectivity index is 1.99. The number of nitrogens with one attached hydrogen (secondary N) is 1. The summed E-state index contributed by atoms with van der Waals surface area (Å²) in [7, 11) is 0. The Morgan fingerprint density at radius 1 is 1.26 bits per heavy atom. The number of amides is 2. The van der Waals surface area contributed by atoms with Gasteiger partial charge >= 0.3 is 0 Å². The van der Waals surface area contributed by atoms with Crippen molar-refractivity contribution in [3.8, 4) is 0 Å². The number of benzene rings is 1. The van der Waals surface area contributed by atoms with Crippen LogP contribution in [0.2, 0.25) is 0 Å². The first-order valence-electron chi connectivity index (χ1n) is 8.01. The minimum Gasteiger partial charge on any atom is -0.343 e. The van der Waals surface area contributed by atoms with Crippen LogP contribution >= 0.6 is 11.8 Å². The Labute approximate surface area is 142 Å². The van der Waals surface area contributed by atoms with E-state index >= 15 is 0 Å². The SMILES string of the molecule is C=CCSCC(=O)N[C@H](Cc1ccccc1)C(=O)N1CCCC1. The molecule has 0 unspecified atom stereocenters. The highest BCUT2D eigenvalue weighted by atomic mass is 32.2. The maximum atomic E-state index is 12.7. The van der Waals surface area contributed by atoms with E-state index in [2.05, 4.69) is 11.9 Å². The molecule has 0 spiro atoms. The van der Waals surface area contributed by atoms with E-state index in [0.29, 0.717) is 12.2 Å². The van der Waals surface area contributed by atoms with Crippen LogP contribution in [0.5, 0.6) is 0 Å². The molecular formula is C18H24N2O2S. The zero-order valence-electron chi connectivity index (χ0n) is 13.4. The molecule has 1 heterocycles. The van der Waals surface area contributed by atoms with Crippen LogP contribution in [0.4, 0.5) is 0 Å². The third-order valence-corrected chi connectivity index (χ3v) is 4.74. The molecule has 1 aromatic rings. The summed E-state index contributed by atoms with van der Waals surface area (Å²) in [4.78, 5) is 26.7. The fourth-order valence-corrected chi connectivity index (χ4v) is 3.23. The normalized spacial score (nSPS) is 15.2.